The first-order valence-electron chi connectivity index (χ1n) is 9.10. The Labute approximate surface area is 170 Å². The van der Waals surface area contributed by atoms with Gasteiger partial charge in [0.15, 0.2) is 6.29 Å². The molecule has 0 saturated carbocycles. The van der Waals surface area contributed by atoms with Gasteiger partial charge in [0.25, 0.3) is 0 Å². The number of carboxylic acid groups (broad SMARTS) is 1. The molecule has 1 aromatic carbocycles. The maximum absolute atomic E-state index is 10.9. The summed E-state index contributed by atoms with van der Waals surface area (Å²) in [5, 5.41) is 68.4. The van der Waals surface area contributed by atoms with E-state index in [0.29, 0.717) is 0 Å². The van der Waals surface area contributed by atoms with Gasteiger partial charge in [-0.05, 0) is 24.3 Å². The zero-order valence-corrected chi connectivity index (χ0v) is 15.6. The van der Waals surface area contributed by atoms with Gasteiger partial charge in [-0.15, -0.1) is 0 Å². The fourth-order valence-corrected chi connectivity index (χ4v) is 3.09. The van der Waals surface area contributed by atoms with Crippen molar-refractivity contribution in [2.24, 2.45) is 0 Å². The van der Waals surface area contributed by atoms with Gasteiger partial charge in [-0.3, -0.25) is 0 Å². The molecule has 12 nitrogen and oxygen atoms in total. The quantitative estimate of drug-likeness (QED) is 0.231. The van der Waals surface area contributed by atoms with Crippen molar-refractivity contribution in [2.75, 3.05) is 19.8 Å². The van der Waals surface area contributed by atoms with Crippen LogP contribution in [0, 0.1) is 0 Å². The van der Waals surface area contributed by atoms with Gasteiger partial charge >= 0.3 is 5.97 Å². The molecule has 2 fully saturated rings. The largest absolute Gasteiger partial charge is 0.478 e. The molecule has 0 amide bonds. The van der Waals surface area contributed by atoms with Crippen molar-refractivity contribution in [1.29, 1.82) is 0 Å². The van der Waals surface area contributed by atoms with E-state index in [2.05, 4.69) is 0 Å². The highest BCUT2D eigenvalue weighted by Gasteiger charge is 2.50. The van der Waals surface area contributed by atoms with E-state index in [1.807, 2.05) is 0 Å². The van der Waals surface area contributed by atoms with Gasteiger partial charge < -0.3 is 54.7 Å². The zero-order valence-electron chi connectivity index (χ0n) is 15.6. The normalized spacial score (nSPS) is 39.1. The molecule has 12 heteroatoms. The number of rotatable bonds is 7. The van der Waals surface area contributed by atoms with E-state index in [4.69, 9.17) is 29.2 Å². The van der Waals surface area contributed by atoms with Crippen LogP contribution < -0.4 is 4.74 Å². The molecule has 0 aliphatic carbocycles. The molecule has 8 atom stereocenters. The molecule has 3 rings (SSSR count). The Hall–Kier alpha value is -1.87. The van der Waals surface area contributed by atoms with Gasteiger partial charge in [0.2, 0.25) is 6.29 Å². The van der Waals surface area contributed by atoms with E-state index in [9.17, 15) is 30.3 Å². The number of aliphatic hydroxyl groups excluding tert-OH is 5. The maximum Gasteiger partial charge on any atom is 0.335 e. The van der Waals surface area contributed by atoms with E-state index >= 15 is 0 Å². The number of benzene rings is 1. The van der Waals surface area contributed by atoms with Crippen molar-refractivity contribution in [1.82, 2.24) is 0 Å². The third-order valence-corrected chi connectivity index (χ3v) is 5.03. The lowest BCUT2D eigenvalue weighted by Crippen LogP contribution is -2.60. The van der Waals surface area contributed by atoms with Crippen molar-refractivity contribution in [3.05, 3.63) is 29.8 Å². The van der Waals surface area contributed by atoms with Crippen LogP contribution in [-0.4, -0.2) is 110 Å². The van der Waals surface area contributed by atoms with Crippen molar-refractivity contribution in [3.8, 4) is 5.75 Å². The van der Waals surface area contributed by atoms with Gasteiger partial charge in [0.1, 0.15) is 41.9 Å². The molecule has 2 aliphatic heterocycles. The zero-order chi connectivity index (χ0) is 22.1. The minimum Gasteiger partial charge on any atom is -0.478 e. The van der Waals surface area contributed by atoms with Crippen LogP contribution in [0.5, 0.6) is 5.75 Å². The van der Waals surface area contributed by atoms with Gasteiger partial charge in [0, 0.05) is 0 Å². The highest BCUT2D eigenvalue weighted by atomic mass is 16.7. The highest BCUT2D eigenvalue weighted by Crippen LogP contribution is 2.28. The van der Waals surface area contributed by atoms with E-state index in [1.54, 1.807) is 0 Å². The van der Waals surface area contributed by atoms with E-state index in [1.165, 1.54) is 24.3 Å². The first-order chi connectivity index (χ1) is 14.2. The van der Waals surface area contributed by atoms with Crippen molar-refractivity contribution in [3.63, 3.8) is 0 Å². The summed E-state index contributed by atoms with van der Waals surface area (Å²) < 4.78 is 21.3. The summed E-state index contributed by atoms with van der Waals surface area (Å²) in [6.45, 7) is -1.53. The monoisotopic (exact) mass is 432 g/mol. The maximum atomic E-state index is 10.9. The van der Waals surface area contributed by atoms with Crippen LogP contribution in [0.1, 0.15) is 10.4 Å². The molecule has 7 N–H and O–H groups in total. The Morgan fingerprint density at radius 1 is 1.07 bits per heavy atom. The summed E-state index contributed by atoms with van der Waals surface area (Å²) in [7, 11) is 0. The van der Waals surface area contributed by atoms with Crippen LogP contribution >= 0.6 is 0 Å². The van der Waals surface area contributed by atoms with Crippen LogP contribution in [-0.2, 0) is 14.2 Å². The number of hydrogen-bond donors (Lipinski definition) is 7. The summed E-state index contributed by atoms with van der Waals surface area (Å²) >= 11 is 0. The Morgan fingerprint density at radius 3 is 2.30 bits per heavy atom. The number of carbonyl (C=O) groups is 1. The predicted octanol–water partition coefficient (Wildman–Crippen LogP) is -2.97. The SMILES string of the molecule is O=C(O)c1ccc(O[C@@H]2O[C@@H](CO[C@@H]3OC[C@@](O)(CO)[C@H]3O)[C@@H](O)[C@@H](O)[C@@H]2O)cc1. The van der Waals surface area contributed by atoms with Crippen LogP contribution in [0.25, 0.3) is 0 Å². The molecule has 2 saturated heterocycles. The van der Waals surface area contributed by atoms with Crippen molar-refractivity contribution < 1.29 is 59.5 Å². The number of carboxylic acids is 1. The second kappa shape index (κ2) is 9.09. The Morgan fingerprint density at radius 2 is 1.73 bits per heavy atom. The number of hydrogen-bond acceptors (Lipinski definition) is 11. The van der Waals surface area contributed by atoms with E-state index in [0.717, 1.165) is 0 Å². The van der Waals surface area contributed by atoms with Crippen LogP contribution in [0.3, 0.4) is 0 Å². The van der Waals surface area contributed by atoms with E-state index in [-0.39, 0.29) is 17.9 Å². The molecule has 30 heavy (non-hydrogen) atoms. The van der Waals surface area contributed by atoms with Crippen LogP contribution in [0.15, 0.2) is 24.3 Å². The molecule has 0 spiro atoms. The highest BCUT2D eigenvalue weighted by molar-refractivity contribution is 5.87. The molecule has 2 heterocycles. The molecule has 1 aromatic rings. The molecule has 0 bridgehead atoms. The summed E-state index contributed by atoms with van der Waals surface area (Å²) in [6, 6.07) is 5.22. The molecule has 2 aliphatic rings. The van der Waals surface area contributed by atoms with Crippen LogP contribution in [0.2, 0.25) is 0 Å². The molecule has 168 valence electrons. The molecular formula is C18H24O12. The minimum atomic E-state index is -1.89. The van der Waals surface area contributed by atoms with Gasteiger partial charge in [-0.1, -0.05) is 0 Å². The minimum absolute atomic E-state index is 0.0205. The first-order valence-corrected chi connectivity index (χ1v) is 9.10. The summed E-state index contributed by atoms with van der Waals surface area (Å²) in [4.78, 5) is 10.9. The molecule has 0 radical (unpaired) electrons. The van der Waals surface area contributed by atoms with Crippen LogP contribution in [0.4, 0.5) is 0 Å². The summed E-state index contributed by atoms with van der Waals surface area (Å²) in [6.07, 6.45) is -10.3. The summed E-state index contributed by atoms with van der Waals surface area (Å²) in [5.74, 6) is -0.981. The average Bonchev–Trinajstić information content (AvgIpc) is 3.02. The lowest BCUT2D eigenvalue weighted by molar-refractivity contribution is -0.289. The molecular weight excluding hydrogens is 408 g/mol. The third-order valence-electron chi connectivity index (χ3n) is 5.03. The molecule has 0 aromatic heterocycles. The topological polar surface area (TPSA) is 196 Å². The molecule has 0 unspecified atom stereocenters. The predicted molar refractivity (Wildman–Crippen MR) is 94.4 cm³/mol. The first kappa shape index (κ1) is 22.8. The second-order valence-corrected chi connectivity index (χ2v) is 7.18. The number of ether oxygens (including phenoxy) is 4. The smallest absolute Gasteiger partial charge is 0.335 e. The standard InChI is InChI=1S/C18H24O12/c19-6-18(26)7-28-17(14(18)23)27-5-10-11(20)12(21)13(22)16(30-10)29-9-3-1-8(2-4-9)15(24)25/h1-4,10-14,16-17,19-23,26H,5-7H2,(H,24,25)/t10-,11+,12+,13-,14-,16+,17+,18-/m0/s1. The van der Waals surface area contributed by atoms with E-state index < -0.39 is 67.9 Å². The van der Waals surface area contributed by atoms with Gasteiger partial charge in [-0.25, -0.2) is 4.79 Å². The Kier molecular flexibility index (Phi) is 6.91. The van der Waals surface area contributed by atoms with Gasteiger partial charge in [-0.2, -0.15) is 0 Å². The van der Waals surface area contributed by atoms with Gasteiger partial charge in [0.05, 0.1) is 25.4 Å². The second-order valence-electron chi connectivity index (χ2n) is 7.18. The third kappa shape index (κ3) is 4.56. The number of aliphatic hydroxyl groups is 6. The summed E-state index contributed by atoms with van der Waals surface area (Å²) in [5.41, 5.74) is -1.87. The van der Waals surface area contributed by atoms with Crippen molar-refractivity contribution in [2.45, 2.75) is 48.7 Å². The Balaban J connectivity index is 1.62. The lowest BCUT2D eigenvalue weighted by atomic mass is 9.99. The lowest BCUT2D eigenvalue weighted by Gasteiger charge is -2.40. The number of aromatic carboxylic acids is 1. The fraction of sp³-hybridized carbons (Fsp3) is 0.611. The average molecular weight is 432 g/mol. The fourth-order valence-electron chi connectivity index (χ4n) is 3.09. The van der Waals surface area contributed by atoms with Crippen molar-refractivity contribution >= 4 is 5.97 Å². The Bertz CT molecular complexity index is 726.